The van der Waals surface area contributed by atoms with Gasteiger partial charge in [-0.15, -0.1) is 0 Å². The maximum Gasteiger partial charge on any atom is 0.230 e. The minimum Gasteiger partial charge on any atom is -0.396 e. The van der Waals surface area contributed by atoms with Crippen LogP contribution in [0.3, 0.4) is 0 Å². The minimum atomic E-state index is -2.92. The van der Waals surface area contributed by atoms with E-state index in [1.165, 1.54) is 0 Å². The topological polar surface area (TPSA) is 93.3 Å². The zero-order valence-corrected chi connectivity index (χ0v) is 8.90. The smallest absolute Gasteiger partial charge is 0.230 e. The summed E-state index contributed by atoms with van der Waals surface area (Å²) in [5.41, 5.74) is 0. The van der Waals surface area contributed by atoms with Crippen molar-refractivity contribution in [3.05, 3.63) is 11.7 Å². The van der Waals surface area contributed by atoms with E-state index in [4.69, 9.17) is 9.63 Å². The van der Waals surface area contributed by atoms with E-state index in [0.29, 0.717) is 24.6 Å². The molecule has 1 aliphatic rings. The lowest BCUT2D eigenvalue weighted by molar-refractivity contribution is 0.292. The van der Waals surface area contributed by atoms with Gasteiger partial charge in [0.15, 0.2) is 15.7 Å². The Morgan fingerprint density at radius 2 is 2.33 bits per heavy atom. The first-order valence-electron chi connectivity index (χ1n) is 4.74. The molecule has 2 rings (SSSR count). The van der Waals surface area contributed by atoms with Crippen molar-refractivity contribution in [3.8, 4) is 0 Å². The molecule has 7 heteroatoms. The highest BCUT2D eigenvalue weighted by Crippen LogP contribution is 2.27. The van der Waals surface area contributed by atoms with Crippen molar-refractivity contribution in [3.63, 3.8) is 0 Å². The number of aliphatic hydroxyl groups excluding tert-OH is 1. The molecule has 0 aliphatic carbocycles. The summed E-state index contributed by atoms with van der Waals surface area (Å²) in [5.74, 6) is 0.912. The molecule has 0 radical (unpaired) electrons. The Morgan fingerprint density at radius 1 is 1.53 bits per heavy atom. The normalized spacial score (nSPS) is 24.5. The molecule has 1 N–H and O–H groups in total. The first kappa shape index (κ1) is 10.6. The van der Waals surface area contributed by atoms with Crippen molar-refractivity contribution in [2.45, 2.75) is 18.8 Å². The maximum absolute atomic E-state index is 11.2. The van der Waals surface area contributed by atoms with Crippen LogP contribution in [0.15, 0.2) is 4.52 Å². The molecule has 1 aromatic heterocycles. The van der Waals surface area contributed by atoms with Crippen LogP contribution in [0.5, 0.6) is 0 Å². The molecule has 84 valence electrons. The van der Waals surface area contributed by atoms with E-state index in [2.05, 4.69) is 10.1 Å². The Kier molecular flexibility index (Phi) is 2.74. The van der Waals surface area contributed by atoms with Gasteiger partial charge in [-0.25, -0.2) is 8.42 Å². The standard InChI is InChI=1S/C8H12N2O4S/c11-3-1-7-9-8(14-10-7)6-2-4-15(12,13)5-6/h6,11H,1-5H2. The van der Waals surface area contributed by atoms with Crippen molar-refractivity contribution in [2.24, 2.45) is 0 Å². The highest BCUT2D eigenvalue weighted by molar-refractivity contribution is 7.91. The summed E-state index contributed by atoms with van der Waals surface area (Å²) in [5, 5.41) is 12.3. The molecule has 0 amide bonds. The average Bonchev–Trinajstić information content (AvgIpc) is 2.73. The number of nitrogens with zero attached hydrogens (tertiary/aromatic N) is 2. The second-order valence-corrected chi connectivity index (χ2v) is 5.85. The van der Waals surface area contributed by atoms with Crippen LogP contribution in [0.4, 0.5) is 0 Å². The van der Waals surface area contributed by atoms with E-state index in [1.54, 1.807) is 0 Å². The number of rotatable bonds is 3. The Labute approximate surface area is 87.2 Å². The summed E-state index contributed by atoms with van der Waals surface area (Å²) in [7, 11) is -2.92. The molecular weight excluding hydrogens is 220 g/mol. The summed E-state index contributed by atoms with van der Waals surface area (Å²) < 4.78 is 27.4. The third-order valence-corrected chi connectivity index (χ3v) is 4.17. The van der Waals surface area contributed by atoms with Gasteiger partial charge in [-0.1, -0.05) is 5.16 Å². The lowest BCUT2D eigenvalue weighted by Crippen LogP contribution is -2.04. The van der Waals surface area contributed by atoms with Gasteiger partial charge in [-0.2, -0.15) is 4.98 Å². The lowest BCUT2D eigenvalue weighted by Gasteiger charge is -1.97. The molecule has 1 aliphatic heterocycles. The predicted molar refractivity (Wildman–Crippen MR) is 51.1 cm³/mol. The average molecular weight is 232 g/mol. The zero-order chi connectivity index (χ0) is 10.9. The van der Waals surface area contributed by atoms with Crippen molar-refractivity contribution in [1.29, 1.82) is 0 Å². The Bertz CT molecular complexity index is 439. The molecule has 2 heterocycles. The van der Waals surface area contributed by atoms with E-state index >= 15 is 0 Å². The molecule has 1 fully saturated rings. The van der Waals surface area contributed by atoms with Crippen LogP contribution < -0.4 is 0 Å². The summed E-state index contributed by atoms with van der Waals surface area (Å²) in [6, 6.07) is 0. The fraction of sp³-hybridized carbons (Fsp3) is 0.750. The van der Waals surface area contributed by atoms with Crippen LogP contribution in [-0.4, -0.2) is 41.8 Å². The highest BCUT2D eigenvalue weighted by atomic mass is 32.2. The quantitative estimate of drug-likeness (QED) is 0.755. The third kappa shape index (κ3) is 2.35. The van der Waals surface area contributed by atoms with Crippen LogP contribution in [-0.2, 0) is 16.3 Å². The number of aliphatic hydroxyl groups is 1. The van der Waals surface area contributed by atoms with Crippen LogP contribution in [0.25, 0.3) is 0 Å². The summed E-state index contributed by atoms with van der Waals surface area (Å²) in [6.07, 6.45) is 0.881. The van der Waals surface area contributed by atoms with Gasteiger partial charge in [0.2, 0.25) is 5.89 Å². The Hall–Kier alpha value is -0.950. The number of hydrogen-bond acceptors (Lipinski definition) is 6. The molecule has 1 saturated heterocycles. The summed E-state index contributed by atoms with van der Waals surface area (Å²) in [6.45, 7) is -0.0397. The van der Waals surface area contributed by atoms with Gasteiger partial charge < -0.3 is 9.63 Å². The van der Waals surface area contributed by atoms with E-state index in [9.17, 15) is 8.42 Å². The molecular formula is C8H12N2O4S. The fourth-order valence-corrected chi connectivity index (χ4v) is 3.36. The van der Waals surface area contributed by atoms with Crippen LogP contribution >= 0.6 is 0 Å². The van der Waals surface area contributed by atoms with E-state index in [-0.39, 0.29) is 24.0 Å². The second kappa shape index (κ2) is 3.90. The van der Waals surface area contributed by atoms with E-state index in [1.807, 2.05) is 0 Å². The monoisotopic (exact) mass is 232 g/mol. The van der Waals surface area contributed by atoms with Gasteiger partial charge in [-0.05, 0) is 6.42 Å². The van der Waals surface area contributed by atoms with Gasteiger partial charge >= 0.3 is 0 Å². The first-order chi connectivity index (χ1) is 7.11. The second-order valence-electron chi connectivity index (χ2n) is 3.62. The maximum atomic E-state index is 11.2. The number of hydrogen-bond donors (Lipinski definition) is 1. The highest BCUT2D eigenvalue weighted by Gasteiger charge is 2.32. The SMILES string of the molecule is O=S1(=O)CCC(c2nc(CCO)no2)C1. The Morgan fingerprint density at radius 3 is 2.93 bits per heavy atom. The Balaban J connectivity index is 2.10. The van der Waals surface area contributed by atoms with Gasteiger partial charge in [0.25, 0.3) is 0 Å². The summed E-state index contributed by atoms with van der Waals surface area (Å²) in [4.78, 5) is 4.05. The minimum absolute atomic E-state index is 0.0397. The van der Waals surface area contributed by atoms with Gasteiger partial charge in [0.1, 0.15) is 0 Å². The molecule has 0 bridgehead atoms. The number of aromatic nitrogens is 2. The van der Waals surface area contributed by atoms with E-state index in [0.717, 1.165) is 0 Å². The van der Waals surface area contributed by atoms with E-state index < -0.39 is 9.84 Å². The predicted octanol–water partition coefficient (Wildman–Crippen LogP) is -0.494. The molecule has 6 nitrogen and oxygen atoms in total. The van der Waals surface area contributed by atoms with Crippen LogP contribution in [0.2, 0.25) is 0 Å². The largest absolute Gasteiger partial charge is 0.396 e. The van der Waals surface area contributed by atoms with Gasteiger partial charge in [0, 0.05) is 6.42 Å². The van der Waals surface area contributed by atoms with Crippen molar-refractivity contribution < 1.29 is 18.0 Å². The van der Waals surface area contributed by atoms with Crippen LogP contribution in [0, 0.1) is 0 Å². The molecule has 1 aromatic rings. The lowest BCUT2D eigenvalue weighted by atomic mass is 10.1. The zero-order valence-electron chi connectivity index (χ0n) is 8.09. The fourth-order valence-electron chi connectivity index (χ4n) is 1.62. The van der Waals surface area contributed by atoms with Gasteiger partial charge in [0.05, 0.1) is 24.0 Å². The molecule has 15 heavy (non-hydrogen) atoms. The first-order valence-corrected chi connectivity index (χ1v) is 6.56. The van der Waals surface area contributed by atoms with Gasteiger partial charge in [-0.3, -0.25) is 0 Å². The van der Waals surface area contributed by atoms with Crippen LogP contribution in [0.1, 0.15) is 24.1 Å². The van der Waals surface area contributed by atoms with Crippen molar-refractivity contribution in [2.75, 3.05) is 18.1 Å². The van der Waals surface area contributed by atoms with Crippen molar-refractivity contribution in [1.82, 2.24) is 10.1 Å². The van der Waals surface area contributed by atoms with Crippen molar-refractivity contribution >= 4 is 9.84 Å². The number of sulfone groups is 1. The summed E-state index contributed by atoms with van der Waals surface area (Å²) >= 11 is 0. The third-order valence-electron chi connectivity index (χ3n) is 2.40. The molecule has 1 unspecified atom stereocenters. The molecule has 0 saturated carbocycles. The molecule has 1 atom stereocenters. The molecule has 0 spiro atoms. The molecule has 0 aromatic carbocycles.